The monoisotopic (exact) mass is 368 g/mol. The highest BCUT2D eigenvalue weighted by Gasteiger charge is 2.27. The van der Waals surface area contributed by atoms with E-state index in [-0.39, 0.29) is 11.1 Å². The fraction of sp³-hybridized carbons (Fsp3) is 0. The van der Waals surface area contributed by atoms with E-state index in [1.54, 1.807) is 30.3 Å². The number of aromatic amines is 1. The zero-order valence-electron chi connectivity index (χ0n) is 13.7. The Hall–Kier alpha value is -3.94. The normalized spacial score (nSPS) is 10.6. The number of benzene rings is 2. The molecule has 8 heteroatoms. The summed E-state index contributed by atoms with van der Waals surface area (Å²) < 4.78 is 14.7. The van der Waals surface area contributed by atoms with Gasteiger partial charge in [-0.1, -0.05) is 42.5 Å². The molecule has 0 saturated carbocycles. The third-order valence-electron chi connectivity index (χ3n) is 4.01. The van der Waals surface area contributed by atoms with E-state index >= 15 is 0 Å². The molecule has 136 valence electrons. The lowest BCUT2D eigenvalue weighted by atomic mass is 9.93. The van der Waals surface area contributed by atoms with E-state index in [0.717, 1.165) is 6.07 Å². The maximum Gasteiger partial charge on any atom is 0.342 e. The molecule has 27 heavy (non-hydrogen) atoms. The van der Waals surface area contributed by atoms with Gasteiger partial charge in [-0.15, -0.1) is 0 Å². The molecular formula is C19H13FN2O5. The Morgan fingerprint density at radius 3 is 2.11 bits per heavy atom. The van der Waals surface area contributed by atoms with Crippen molar-refractivity contribution in [1.82, 2.24) is 4.98 Å². The molecule has 0 saturated heterocycles. The van der Waals surface area contributed by atoms with Crippen LogP contribution in [-0.4, -0.2) is 27.1 Å². The van der Waals surface area contributed by atoms with E-state index in [4.69, 9.17) is 5.73 Å². The first-order valence-electron chi connectivity index (χ1n) is 7.69. The second-order valence-corrected chi connectivity index (χ2v) is 5.66. The predicted octanol–water partition coefficient (Wildman–Crippen LogP) is 2.83. The van der Waals surface area contributed by atoms with Crippen LogP contribution in [0, 0.1) is 5.82 Å². The van der Waals surface area contributed by atoms with Gasteiger partial charge in [-0.2, -0.15) is 0 Å². The number of halogens is 1. The average molecular weight is 368 g/mol. The van der Waals surface area contributed by atoms with Crippen molar-refractivity contribution in [3.8, 4) is 22.3 Å². The van der Waals surface area contributed by atoms with Crippen molar-refractivity contribution in [2.45, 2.75) is 0 Å². The van der Waals surface area contributed by atoms with E-state index in [2.05, 4.69) is 0 Å². The molecule has 5 N–H and O–H groups in total. The van der Waals surface area contributed by atoms with Gasteiger partial charge in [0.1, 0.15) is 22.8 Å². The number of pyridine rings is 1. The van der Waals surface area contributed by atoms with Crippen molar-refractivity contribution in [3.63, 3.8) is 0 Å². The summed E-state index contributed by atoms with van der Waals surface area (Å²) in [5, 5.41) is 18.8. The highest BCUT2D eigenvalue weighted by Crippen LogP contribution is 2.32. The molecule has 0 atom stereocenters. The maximum absolute atomic E-state index is 14.7. The van der Waals surface area contributed by atoms with E-state index in [1.807, 2.05) is 4.98 Å². The number of nitrogen functional groups attached to an aromatic ring is 1. The molecule has 1 heterocycles. The van der Waals surface area contributed by atoms with Gasteiger partial charge in [0.15, 0.2) is 0 Å². The Labute approximate surface area is 151 Å². The first-order valence-corrected chi connectivity index (χ1v) is 7.69. The van der Waals surface area contributed by atoms with Crippen LogP contribution in [0.4, 0.5) is 10.2 Å². The van der Waals surface area contributed by atoms with Crippen LogP contribution >= 0.6 is 0 Å². The highest BCUT2D eigenvalue weighted by atomic mass is 19.1. The van der Waals surface area contributed by atoms with Gasteiger partial charge in [0.2, 0.25) is 0 Å². The molecule has 0 spiro atoms. The van der Waals surface area contributed by atoms with Crippen molar-refractivity contribution in [2.75, 3.05) is 5.73 Å². The minimum absolute atomic E-state index is 0.0835. The van der Waals surface area contributed by atoms with Gasteiger partial charge in [0, 0.05) is 11.1 Å². The molecule has 0 aliphatic rings. The topological polar surface area (TPSA) is 133 Å². The fourth-order valence-electron chi connectivity index (χ4n) is 2.86. The zero-order chi connectivity index (χ0) is 19.7. The lowest BCUT2D eigenvalue weighted by molar-refractivity contribution is 0.0695. The quantitative estimate of drug-likeness (QED) is 0.559. The minimum atomic E-state index is -1.65. The summed E-state index contributed by atoms with van der Waals surface area (Å²) in [7, 11) is 0. The number of rotatable bonds is 4. The van der Waals surface area contributed by atoms with Gasteiger partial charge >= 0.3 is 11.9 Å². The van der Waals surface area contributed by atoms with Crippen molar-refractivity contribution >= 4 is 17.8 Å². The number of hydrogen-bond acceptors (Lipinski definition) is 4. The summed E-state index contributed by atoms with van der Waals surface area (Å²) in [4.78, 5) is 37.1. The molecular weight excluding hydrogens is 355 g/mol. The molecule has 0 bridgehead atoms. The molecule has 0 unspecified atom stereocenters. The van der Waals surface area contributed by atoms with Crippen LogP contribution in [0.15, 0.2) is 53.3 Å². The number of aromatic carboxylic acids is 2. The largest absolute Gasteiger partial charge is 0.478 e. The number of H-pyrrole nitrogens is 1. The Morgan fingerprint density at radius 2 is 1.56 bits per heavy atom. The van der Waals surface area contributed by atoms with E-state index in [9.17, 15) is 29.0 Å². The van der Waals surface area contributed by atoms with Gasteiger partial charge in [-0.05, 0) is 17.2 Å². The van der Waals surface area contributed by atoms with E-state index in [0.29, 0.717) is 5.56 Å². The molecule has 7 nitrogen and oxygen atoms in total. The van der Waals surface area contributed by atoms with Crippen LogP contribution in [0.25, 0.3) is 22.3 Å². The summed E-state index contributed by atoms with van der Waals surface area (Å²) >= 11 is 0. The van der Waals surface area contributed by atoms with E-state index in [1.165, 1.54) is 12.1 Å². The summed E-state index contributed by atoms with van der Waals surface area (Å²) in [6.45, 7) is 0. The van der Waals surface area contributed by atoms with Gasteiger partial charge < -0.3 is 20.9 Å². The second-order valence-electron chi connectivity index (χ2n) is 5.66. The Morgan fingerprint density at radius 1 is 0.926 bits per heavy atom. The van der Waals surface area contributed by atoms with Gasteiger partial charge in [-0.25, -0.2) is 14.0 Å². The molecule has 0 aliphatic heterocycles. The second kappa shape index (κ2) is 6.75. The minimum Gasteiger partial charge on any atom is -0.478 e. The Balaban J connectivity index is 2.31. The maximum atomic E-state index is 14.7. The lowest BCUT2D eigenvalue weighted by Gasteiger charge is -2.13. The van der Waals surface area contributed by atoms with Crippen molar-refractivity contribution in [3.05, 3.63) is 75.8 Å². The highest BCUT2D eigenvalue weighted by molar-refractivity contribution is 6.07. The number of nitrogens with one attached hydrogen (secondary N) is 1. The average Bonchev–Trinajstić information content (AvgIpc) is 2.60. The SMILES string of the molecule is Nc1[nH]c(=O)c(C(=O)O)c(-c2ccc(-c3ccccc3)c(F)c2)c1C(=O)O. The fourth-order valence-corrected chi connectivity index (χ4v) is 2.86. The number of carboxylic acid groups (broad SMARTS) is 2. The number of carbonyl (C=O) groups is 2. The van der Waals surface area contributed by atoms with Crippen LogP contribution < -0.4 is 11.3 Å². The van der Waals surface area contributed by atoms with Crippen LogP contribution in [0.5, 0.6) is 0 Å². The third-order valence-corrected chi connectivity index (χ3v) is 4.01. The molecule has 3 rings (SSSR count). The Kier molecular flexibility index (Phi) is 4.47. The van der Waals surface area contributed by atoms with Crippen LogP contribution in [0.2, 0.25) is 0 Å². The molecule has 1 aromatic heterocycles. The first-order chi connectivity index (χ1) is 12.8. The van der Waals surface area contributed by atoms with Crippen LogP contribution in [-0.2, 0) is 0 Å². The van der Waals surface area contributed by atoms with Gasteiger partial charge in [0.05, 0.1) is 0 Å². The number of hydrogen-bond donors (Lipinski definition) is 4. The first kappa shape index (κ1) is 17.9. The summed E-state index contributed by atoms with van der Waals surface area (Å²) in [5.74, 6) is -4.42. The van der Waals surface area contributed by atoms with Gasteiger partial charge in [-0.3, -0.25) is 4.79 Å². The molecule has 0 amide bonds. The molecule has 0 aliphatic carbocycles. The smallest absolute Gasteiger partial charge is 0.342 e. The number of aromatic nitrogens is 1. The molecule has 2 aromatic carbocycles. The standard InChI is InChI=1S/C19H13FN2O5/c20-12-8-10(6-7-11(12)9-4-2-1-3-5-9)13-14(18(24)25)16(21)22-17(23)15(13)19(26)27/h1-8H,(H,24,25)(H,26,27)(H3,21,22,23). The number of carboxylic acids is 2. The number of nitrogens with two attached hydrogens (primary N) is 1. The predicted molar refractivity (Wildman–Crippen MR) is 96.2 cm³/mol. The van der Waals surface area contributed by atoms with Crippen molar-refractivity contribution in [1.29, 1.82) is 0 Å². The molecule has 0 radical (unpaired) electrons. The molecule has 0 fully saturated rings. The zero-order valence-corrected chi connectivity index (χ0v) is 13.7. The van der Waals surface area contributed by atoms with Crippen LogP contribution in [0.3, 0.4) is 0 Å². The number of anilines is 1. The lowest BCUT2D eigenvalue weighted by Crippen LogP contribution is -2.24. The van der Waals surface area contributed by atoms with E-state index < -0.39 is 45.8 Å². The summed E-state index contributed by atoms with van der Waals surface area (Å²) in [5.41, 5.74) is 3.35. The summed E-state index contributed by atoms with van der Waals surface area (Å²) in [6.07, 6.45) is 0. The third kappa shape index (κ3) is 3.15. The van der Waals surface area contributed by atoms with Crippen molar-refractivity contribution in [2.24, 2.45) is 0 Å². The van der Waals surface area contributed by atoms with Gasteiger partial charge in [0.25, 0.3) is 5.56 Å². The van der Waals surface area contributed by atoms with Crippen LogP contribution in [0.1, 0.15) is 20.7 Å². The summed E-state index contributed by atoms with van der Waals surface area (Å²) in [6, 6.07) is 12.3. The Bertz CT molecular complexity index is 1120. The van der Waals surface area contributed by atoms with Crippen molar-refractivity contribution < 1.29 is 24.2 Å². The molecule has 3 aromatic rings.